The van der Waals surface area contributed by atoms with Gasteiger partial charge in [0, 0.05) is 6.54 Å². The fraction of sp³-hybridized carbons (Fsp3) is 0.222. The van der Waals surface area contributed by atoms with E-state index in [9.17, 15) is 9.90 Å². The van der Waals surface area contributed by atoms with Gasteiger partial charge in [-0.2, -0.15) is 0 Å². The first-order chi connectivity index (χ1) is 12.6. The van der Waals surface area contributed by atoms with E-state index in [0.717, 1.165) is 51.2 Å². The zero-order valence-corrected chi connectivity index (χ0v) is 14.7. The smallest absolute Gasteiger partial charge is 0.305 e. The molecule has 2 heterocycles. The van der Waals surface area contributed by atoms with E-state index >= 15 is 0 Å². The highest BCUT2D eigenvalue weighted by molar-refractivity contribution is 7.16. The molecule has 7 nitrogen and oxygen atoms in total. The van der Waals surface area contributed by atoms with Crippen molar-refractivity contribution in [2.45, 2.75) is 19.6 Å². The van der Waals surface area contributed by atoms with E-state index in [2.05, 4.69) is 20.3 Å². The number of hydrogen-bond donors (Lipinski definition) is 5. The highest BCUT2D eigenvalue weighted by Gasteiger charge is 2.09. The van der Waals surface area contributed by atoms with Crippen LogP contribution in [0, 0.1) is 0 Å². The predicted octanol–water partition coefficient (Wildman–Crippen LogP) is 2.00. The van der Waals surface area contributed by atoms with Gasteiger partial charge in [-0.3, -0.25) is 4.79 Å². The zero-order chi connectivity index (χ0) is 18.1. The van der Waals surface area contributed by atoms with Gasteiger partial charge >= 0.3 is 4.87 Å². The summed E-state index contributed by atoms with van der Waals surface area (Å²) >= 11 is 1.12. The van der Waals surface area contributed by atoms with E-state index < -0.39 is 0 Å². The van der Waals surface area contributed by atoms with Crippen LogP contribution in [0.5, 0.6) is 5.75 Å². The first kappa shape index (κ1) is 16.8. The SMILES string of the molecule is O=c1[nH]c2c(O)ccc(CCNCc3ccc4nc(CO)[nH]c4c3)c2s1. The molecule has 0 spiro atoms. The summed E-state index contributed by atoms with van der Waals surface area (Å²) < 4.78 is 0.812. The van der Waals surface area contributed by atoms with Crippen molar-refractivity contribution in [3.63, 3.8) is 0 Å². The number of rotatable bonds is 6. The lowest BCUT2D eigenvalue weighted by Crippen LogP contribution is -2.16. The molecule has 0 bridgehead atoms. The summed E-state index contributed by atoms with van der Waals surface area (Å²) in [5.41, 5.74) is 4.41. The fourth-order valence-electron chi connectivity index (χ4n) is 3.02. The van der Waals surface area contributed by atoms with Crippen molar-refractivity contribution in [3.8, 4) is 5.75 Å². The highest BCUT2D eigenvalue weighted by atomic mass is 32.1. The Morgan fingerprint density at radius 3 is 2.92 bits per heavy atom. The predicted molar refractivity (Wildman–Crippen MR) is 102 cm³/mol. The molecule has 0 aliphatic heterocycles. The van der Waals surface area contributed by atoms with Gasteiger partial charge in [-0.25, -0.2) is 4.98 Å². The number of thiazole rings is 1. The number of nitrogens with zero attached hydrogens (tertiary/aromatic N) is 1. The van der Waals surface area contributed by atoms with Gasteiger partial charge < -0.3 is 25.5 Å². The molecule has 8 heteroatoms. The van der Waals surface area contributed by atoms with Gasteiger partial charge in [-0.15, -0.1) is 0 Å². The van der Waals surface area contributed by atoms with Crippen molar-refractivity contribution in [3.05, 3.63) is 57.0 Å². The summed E-state index contributed by atoms with van der Waals surface area (Å²) in [6, 6.07) is 9.43. The monoisotopic (exact) mass is 370 g/mol. The van der Waals surface area contributed by atoms with Crippen LogP contribution < -0.4 is 10.2 Å². The molecule has 5 N–H and O–H groups in total. The summed E-state index contributed by atoms with van der Waals surface area (Å²) in [6.45, 7) is 1.34. The van der Waals surface area contributed by atoms with E-state index in [-0.39, 0.29) is 17.2 Å². The van der Waals surface area contributed by atoms with Gasteiger partial charge in [0.15, 0.2) is 0 Å². The van der Waals surface area contributed by atoms with Gasteiger partial charge in [-0.1, -0.05) is 23.5 Å². The number of aliphatic hydroxyl groups excluding tert-OH is 1. The van der Waals surface area contributed by atoms with Crippen LogP contribution in [0.4, 0.5) is 0 Å². The molecule has 4 aromatic rings. The number of benzene rings is 2. The number of imidazole rings is 1. The number of aromatic nitrogens is 3. The van der Waals surface area contributed by atoms with E-state index in [4.69, 9.17) is 5.11 Å². The van der Waals surface area contributed by atoms with E-state index in [0.29, 0.717) is 17.9 Å². The third-order valence-corrected chi connectivity index (χ3v) is 5.24. The van der Waals surface area contributed by atoms with E-state index in [1.165, 1.54) is 0 Å². The molecular weight excluding hydrogens is 352 g/mol. The van der Waals surface area contributed by atoms with Gasteiger partial charge in [0.1, 0.15) is 23.7 Å². The molecule has 2 aromatic carbocycles. The van der Waals surface area contributed by atoms with Gasteiger partial charge in [0.25, 0.3) is 0 Å². The molecule has 134 valence electrons. The second kappa shape index (κ2) is 6.91. The van der Waals surface area contributed by atoms with Crippen LogP contribution in [0.2, 0.25) is 0 Å². The largest absolute Gasteiger partial charge is 0.506 e. The van der Waals surface area contributed by atoms with E-state index in [1.807, 2.05) is 24.3 Å². The number of nitrogens with one attached hydrogen (secondary N) is 3. The lowest BCUT2D eigenvalue weighted by Gasteiger charge is -2.07. The molecule has 0 amide bonds. The molecule has 0 saturated carbocycles. The van der Waals surface area contributed by atoms with Crippen molar-refractivity contribution in [2.75, 3.05) is 6.54 Å². The normalized spacial score (nSPS) is 11.6. The number of phenols is 1. The molecule has 4 rings (SSSR count). The number of aliphatic hydroxyl groups is 1. The molecule has 2 aromatic heterocycles. The molecule has 0 atom stereocenters. The maximum Gasteiger partial charge on any atom is 0.305 e. The Morgan fingerprint density at radius 1 is 1.19 bits per heavy atom. The molecule has 0 radical (unpaired) electrons. The molecule has 0 aliphatic carbocycles. The van der Waals surface area contributed by atoms with Crippen molar-refractivity contribution in [1.82, 2.24) is 20.3 Å². The highest BCUT2D eigenvalue weighted by Crippen LogP contribution is 2.27. The Morgan fingerprint density at radius 2 is 2.08 bits per heavy atom. The average molecular weight is 370 g/mol. The second-order valence-electron chi connectivity index (χ2n) is 6.08. The van der Waals surface area contributed by atoms with Crippen molar-refractivity contribution >= 4 is 32.6 Å². The molecule has 26 heavy (non-hydrogen) atoms. The summed E-state index contributed by atoms with van der Waals surface area (Å²) in [4.78, 5) is 21.4. The Kier molecular flexibility index (Phi) is 4.46. The second-order valence-corrected chi connectivity index (χ2v) is 7.07. The lowest BCUT2D eigenvalue weighted by atomic mass is 10.1. The van der Waals surface area contributed by atoms with Gasteiger partial charge in [0.2, 0.25) is 0 Å². The van der Waals surface area contributed by atoms with Crippen LogP contribution in [-0.2, 0) is 19.6 Å². The van der Waals surface area contributed by atoms with Crippen LogP contribution in [0.1, 0.15) is 17.0 Å². The van der Waals surface area contributed by atoms with Crippen LogP contribution >= 0.6 is 11.3 Å². The standard InChI is InChI=1S/C18H18N4O3S/c23-9-15-20-12-3-1-10(7-13(12)21-15)8-19-6-5-11-2-4-14(24)16-17(11)26-18(25)22-16/h1-4,7,19,23-24H,5-6,8-9H2,(H,20,21)(H,22,25). The molecular formula is C18H18N4O3S. The number of phenolic OH excluding ortho intramolecular Hbond substituents is 1. The van der Waals surface area contributed by atoms with Crippen LogP contribution in [0.25, 0.3) is 21.3 Å². The lowest BCUT2D eigenvalue weighted by molar-refractivity contribution is 0.273. The minimum Gasteiger partial charge on any atom is -0.506 e. The first-order valence-electron chi connectivity index (χ1n) is 8.27. The molecule has 0 fully saturated rings. The minimum absolute atomic E-state index is 0.102. The summed E-state index contributed by atoms with van der Waals surface area (Å²) in [6.07, 6.45) is 0.755. The molecule has 0 saturated heterocycles. The fourth-order valence-corrected chi connectivity index (χ4v) is 3.92. The maximum atomic E-state index is 11.6. The maximum absolute atomic E-state index is 11.6. The first-order valence-corrected chi connectivity index (χ1v) is 9.08. The summed E-state index contributed by atoms with van der Waals surface area (Å²) in [5.74, 6) is 0.664. The summed E-state index contributed by atoms with van der Waals surface area (Å²) in [7, 11) is 0. The average Bonchev–Trinajstić information content (AvgIpc) is 3.23. The third kappa shape index (κ3) is 3.22. The number of aromatic amines is 2. The Hall–Kier alpha value is -2.68. The number of fused-ring (bicyclic) bond motifs is 2. The zero-order valence-electron chi connectivity index (χ0n) is 13.9. The van der Waals surface area contributed by atoms with Gasteiger partial charge in [0.05, 0.1) is 15.7 Å². The number of H-pyrrole nitrogens is 2. The Labute approximate surface area is 152 Å². The third-order valence-electron chi connectivity index (χ3n) is 4.28. The van der Waals surface area contributed by atoms with Crippen LogP contribution in [0.15, 0.2) is 35.1 Å². The number of hydrogen-bond acceptors (Lipinski definition) is 6. The van der Waals surface area contributed by atoms with Crippen molar-refractivity contribution in [2.24, 2.45) is 0 Å². The Balaban J connectivity index is 1.41. The molecule has 0 aliphatic rings. The molecule has 0 unspecified atom stereocenters. The Bertz CT molecular complexity index is 1130. The van der Waals surface area contributed by atoms with E-state index in [1.54, 1.807) is 6.07 Å². The summed E-state index contributed by atoms with van der Waals surface area (Å²) in [5, 5.41) is 22.4. The number of aromatic hydroxyl groups is 1. The van der Waals surface area contributed by atoms with Crippen LogP contribution in [0.3, 0.4) is 0 Å². The van der Waals surface area contributed by atoms with Crippen molar-refractivity contribution < 1.29 is 10.2 Å². The minimum atomic E-state index is -0.161. The topological polar surface area (TPSA) is 114 Å². The quantitative estimate of drug-likeness (QED) is 0.333. The van der Waals surface area contributed by atoms with Crippen molar-refractivity contribution in [1.29, 1.82) is 0 Å². The van der Waals surface area contributed by atoms with Gasteiger partial charge in [-0.05, 0) is 42.3 Å². The van der Waals surface area contributed by atoms with Crippen LogP contribution in [-0.4, -0.2) is 31.7 Å².